The van der Waals surface area contributed by atoms with Gasteiger partial charge in [0.25, 0.3) is 5.56 Å². The third-order valence-electron chi connectivity index (χ3n) is 11.6. The molecule has 72 heavy (non-hydrogen) atoms. The summed E-state index contributed by atoms with van der Waals surface area (Å²) in [7, 11) is 0. The van der Waals surface area contributed by atoms with E-state index in [1.54, 1.807) is 10.9 Å². The zero-order chi connectivity index (χ0) is 52.5. The van der Waals surface area contributed by atoms with Crippen molar-refractivity contribution in [1.29, 1.82) is 0 Å². The number of H-pyrrole nitrogens is 2. The van der Waals surface area contributed by atoms with E-state index in [1.807, 2.05) is 20.8 Å². The van der Waals surface area contributed by atoms with E-state index < -0.39 is 78.5 Å². The molecule has 0 radical (unpaired) electrons. The van der Waals surface area contributed by atoms with Gasteiger partial charge in [0.1, 0.15) is 23.4 Å². The first kappa shape index (κ1) is 56.8. The molecule has 2 unspecified atom stereocenters. The third kappa shape index (κ3) is 15.9. The van der Waals surface area contributed by atoms with Crippen LogP contribution in [0.1, 0.15) is 132 Å². The molecule has 4 aromatic rings. The molecule has 2 fully saturated rings. The summed E-state index contributed by atoms with van der Waals surface area (Å²) in [6, 6.07) is 0. The second-order valence-electron chi connectivity index (χ2n) is 17.4. The lowest BCUT2D eigenvalue weighted by Crippen LogP contribution is -2.38. The largest absolute Gasteiger partial charge is 0.456 e. The number of rotatable bonds is 24. The van der Waals surface area contributed by atoms with Gasteiger partial charge < -0.3 is 54.7 Å². The summed E-state index contributed by atoms with van der Waals surface area (Å²) in [6.07, 6.45) is 5.92. The Morgan fingerprint density at radius 1 is 0.611 bits per heavy atom. The first-order valence-corrected chi connectivity index (χ1v) is 25.1. The van der Waals surface area contributed by atoms with Crippen LogP contribution in [0.2, 0.25) is 0 Å². The molecule has 6 heterocycles. The summed E-state index contributed by atoms with van der Waals surface area (Å²) in [6.45, 7) is 15.2. The van der Waals surface area contributed by atoms with Crippen LogP contribution < -0.4 is 26.8 Å². The Balaban J connectivity index is 0.000000267. The van der Waals surface area contributed by atoms with Crippen molar-refractivity contribution in [3.63, 3.8) is 0 Å². The van der Waals surface area contributed by atoms with E-state index in [1.165, 1.54) is 45.5 Å². The topological polar surface area (TPSA) is 299 Å². The van der Waals surface area contributed by atoms with Gasteiger partial charge in [-0.25, -0.2) is 15.0 Å². The lowest BCUT2D eigenvalue weighted by atomic mass is 10.1. The molecular weight excluding hydrogens is 977 g/mol. The van der Waals surface area contributed by atoms with Gasteiger partial charge in [-0.1, -0.05) is 64.0 Å². The maximum absolute atomic E-state index is 12.6. The molecule has 2 saturated heterocycles. The Labute approximate surface area is 427 Å². The average Bonchev–Trinajstić information content (AvgIpc) is 4.09. The van der Waals surface area contributed by atoms with Gasteiger partial charge in [0, 0.05) is 60.8 Å². The number of carbonyl (C=O) groups excluding carboxylic acids is 5. The number of nitrogens with one attached hydrogen (secondary N) is 6. The predicted octanol–water partition coefficient (Wildman–Crippen LogP) is 4.97. The molecule has 0 bridgehead atoms. The highest BCUT2D eigenvalue weighted by molar-refractivity contribution is 7.80. The molecule has 2 aliphatic heterocycles. The molecule has 0 spiro atoms. The van der Waals surface area contributed by atoms with E-state index in [9.17, 15) is 28.8 Å². The number of hydrogen-bond donors (Lipinski definition) is 6. The summed E-state index contributed by atoms with van der Waals surface area (Å²) >= 11 is 10.5. The normalized spacial score (nSPS) is 21.3. The van der Waals surface area contributed by atoms with Gasteiger partial charge in [0.05, 0.1) is 17.6 Å². The smallest absolute Gasteiger partial charge is 0.303 e. The number of nitrogens with zero attached hydrogens (tertiary/aromatic N) is 6. The van der Waals surface area contributed by atoms with Crippen molar-refractivity contribution >= 4 is 93.4 Å². The summed E-state index contributed by atoms with van der Waals surface area (Å²) in [5.41, 5.74) is 0.984. The van der Waals surface area contributed by atoms with Crippen molar-refractivity contribution in [3.05, 3.63) is 27.6 Å². The van der Waals surface area contributed by atoms with Crippen molar-refractivity contribution < 1.29 is 52.4 Å². The van der Waals surface area contributed by atoms with Crippen molar-refractivity contribution in [2.75, 3.05) is 36.8 Å². The van der Waals surface area contributed by atoms with Gasteiger partial charge in [-0.3, -0.25) is 42.9 Å². The molecule has 2 aliphatic rings. The Morgan fingerprint density at radius 3 is 1.54 bits per heavy atom. The molecule has 0 saturated carbocycles. The van der Waals surface area contributed by atoms with Crippen LogP contribution in [0.15, 0.2) is 17.4 Å². The monoisotopic (exact) mass is 1040 g/mol. The Bertz CT molecular complexity index is 2440. The van der Waals surface area contributed by atoms with Crippen LogP contribution in [-0.4, -0.2) is 137 Å². The number of amides is 1. The molecular formula is C46H68N12O12S2. The molecule has 0 aliphatic carbocycles. The van der Waals surface area contributed by atoms with E-state index in [2.05, 4.69) is 51.2 Å². The van der Waals surface area contributed by atoms with Crippen LogP contribution >= 0.6 is 24.4 Å². The fourth-order valence-corrected chi connectivity index (χ4v) is 8.72. The van der Waals surface area contributed by atoms with Crippen LogP contribution in [0.5, 0.6) is 0 Å². The van der Waals surface area contributed by atoms with Crippen LogP contribution in [-0.2, 0) is 52.4 Å². The van der Waals surface area contributed by atoms with Crippen molar-refractivity contribution in [2.45, 2.75) is 169 Å². The highest BCUT2D eigenvalue weighted by atomic mass is 32.1. The standard InChI is InChI=1S/C23H34N6O7.C23H34N6O5S2/c1-5-16-18(34-14(3)31)19(35-15(4)32)22(36-16)29-12-26-17-20(29)27-23(28-21(17)33)25-11-9-7-6-8-10-24-13(2)30;1-5-16-18(32-14(3)30)19(33-15(4)31)22(34-16)29-12-26-17-20(29)27-23(28-21(17)36)25-11-9-7-6-8-10-24-13(2)35/h12,16,18-19,22H,5-11H2,1-4H3,(H,24,30)(H2,25,27,28,33);12,16,18-19,22H,5-11H2,1-4H3,(H,24,35)(H2,25,27,28,36)/t2*16-,18?,19+,22-/m11/s1. The number of anilines is 2. The number of thiocarbonyl (C=S) groups is 1. The number of aromatic nitrogens is 8. The zero-order valence-electron chi connectivity index (χ0n) is 42.1. The molecule has 26 heteroatoms. The van der Waals surface area contributed by atoms with Crippen LogP contribution in [0.3, 0.4) is 0 Å². The number of imidazole rings is 2. The molecule has 6 N–H and O–H groups in total. The minimum atomic E-state index is -0.941. The fraction of sp³-hybridized carbons (Fsp3) is 0.652. The van der Waals surface area contributed by atoms with Gasteiger partial charge in [-0.05, 0) is 45.4 Å². The second-order valence-corrected chi connectivity index (χ2v) is 18.4. The summed E-state index contributed by atoms with van der Waals surface area (Å²) in [5.74, 6) is -1.30. The molecule has 0 aromatic carbocycles. The molecule has 1 amide bonds. The predicted molar refractivity (Wildman–Crippen MR) is 270 cm³/mol. The van der Waals surface area contributed by atoms with Crippen molar-refractivity contribution in [3.8, 4) is 0 Å². The SMILES string of the molecule is CC[C@H]1O[C@@H](n2cnc3c(=O)[nH]c(NCCCCCCNC(C)=O)nc32)[C@@H](OC(C)=O)C1OC(C)=O.CC[C@H]1O[C@@H](n2cnc3c(=S)nc(NCCCCCCNC(C)=S)[nH]c32)[C@@H](OC(C)=O)C1OC(C)=O. The van der Waals surface area contributed by atoms with E-state index in [4.69, 9.17) is 52.9 Å². The average molecular weight is 1050 g/mol. The number of carbonyl (C=O) groups is 5. The van der Waals surface area contributed by atoms with Crippen molar-refractivity contribution in [2.24, 2.45) is 0 Å². The Kier molecular flexibility index (Phi) is 21.8. The minimum Gasteiger partial charge on any atom is -0.456 e. The molecule has 4 aromatic heterocycles. The highest BCUT2D eigenvalue weighted by Crippen LogP contribution is 2.38. The summed E-state index contributed by atoms with van der Waals surface area (Å²) in [4.78, 5) is 94.9. The molecule has 8 atom stereocenters. The number of fused-ring (bicyclic) bond motifs is 2. The number of esters is 4. The second kappa shape index (κ2) is 27.6. The number of hydrogen-bond acceptors (Lipinski definition) is 20. The maximum Gasteiger partial charge on any atom is 0.303 e. The number of unbranched alkanes of at least 4 members (excludes halogenated alkanes) is 6. The van der Waals surface area contributed by atoms with E-state index in [-0.39, 0.29) is 23.0 Å². The zero-order valence-corrected chi connectivity index (χ0v) is 43.7. The van der Waals surface area contributed by atoms with Gasteiger partial charge in [-0.15, -0.1) is 0 Å². The van der Waals surface area contributed by atoms with Gasteiger partial charge in [0.2, 0.25) is 17.8 Å². The Hall–Kier alpha value is -6.12. The first-order chi connectivity index (χ1) is 34.4. The fourth-order valence-electron chi connectivity index (χ4n) is 8.38. The number of aromatic amines is 2. The van der Waals surface area contributed by atoms with Crippen LogP contribution in [0.4, 0.5) is 11.9 Å². The molecule has 24 nitrogen and oxygen atoms in total. The maximum atomic E-state index is 12.6. The summed E-state index contributed by atoms with van der Waals surface area (Å²) < 4.78 is 37.8. The van der Waals surface area contributed by atoms with E-state index >= 15 is 0 Å². The molecule has 396 valence electrons. The first-order valence-electron chi connectivity index (χ1n) is 24.3. The van der Waals surface area contributed by atoms with Crippen LogP contribution in [0, 0.1) is 4.64 Å². The van der Waals surface area contributed by atoms with Crippen LogP contribution in [0.25, 0.3) is 22.3 Å². The van der Waals surface area contributed by atoms with E-state index in [0.717, 1.165) is 69.4 Å². The number of ether oxygens (including phenoxy) is 6. The van der Waals surface area contributed by atoms with Gasteiger partial charge >= 0.3 is 23.9 Å². The quantitative estimate of drug-likeness (QED) is 0.0234. The van der Waals surface area contributed by atoms with E-state index in [0.29, 0.717) is 47.7 Å². The summed E-state index contributed by atoms with van der Waals surface area (Å²) in [5, 5.41) is 12.3. The Morgan fingerprint density at radius 2 is 1.06 bits per heavy atom. The third-order valence-corrected chi connectivity index (χ3v) is 12.0. The highest BCUT2D eigenvalue weighted by Gasteiger charge is 2.51. The van der Waals surface area contributed by atoms with Gasteiger partial charge in [-0.2, -0.15) is 4.98 Å². The van der Waals surface area contributed by atoms with Gasteiger partial charge in [0.15, 0.2) is 52.7 Å². The van der Waals surface area contributed by atoms with Crippen molar-refractivity contribution in [1.82, 2.24) is 49.7 Å². The minimum absolute atomic E-state index is 0.0318. The lowest BCUT2D eigenvalue weighted by molar-refractivity contribution is -0.165. The lowest BCUT2D eigenvalue weighted by Gasteiger charge is -2.23. The molecule has 6 rings (SSSR count).